The van der Waals surface area contributed by atoms with Gasteiger partial charge in [0.05, 0.1) is 28.8 Å². The van der Waals surface area contributed by atoms with E-state index in [9.17, 15) is 22.8 Å². The van der Waals surface area contributed by atoms with E-state index < -0.39 is 17.6 Å². The van der Waals surface area contributed by atoms with Crippen LogP contribution in [0.25, 0.3) is 22.5 Å². The number of aryl methyl sites for hydroxylation is 1. The fourth-order valence-corrected chi connectivity index (χ4v) is 3.26. The molecule has 10 heteroatoms. The standard InChI is InChI=1S/C23H16F3N5O2/c1-31-10-9-18(30-31)16-11-15(7-8-17(16)23(24,25)26)22(33)28-19-12-27-20(13-32)29-21(19)14-5-3-2-4-6-14/h2-13H,1H3,(H,28,33). The van der Waals surface area contributed by atoms with E-state index in [0.717, 1.165) is 18.2 Å². The zero-order valence-corrected chi connectivity index (χ0v) is 17.2. The average Bonchev–Trinajstić information content (AvgIpc) is 3.25. The highest BCUT2D eigenvalue weighted by Gasteiger charge is 2.34. The van der Waals surface area contributed by atoms with Gasteiger partial charge in [0.25, 0.3) is 5.91 Å². The minimum atomic E-state index is -4.62. The molecule has 2 heterocycles. The third-order valence-electron chi connectivity index (χ3n) is 4.78. The van der Waals surface area contributed by atoms with Crippen molar-refractivity contribution in [2.45, 2.75) is 6.18 Å². The molecular weight excluding hydrogens is 435 g/mol. The third kappa shape index (κ3) is 4.64. The second kappa shape index (κ2) is 8.65. The van der Waals surface area contributed by atoms with Gasteiger partial charge in [-0.2, -0.15) is 18.3 Å². The molecule has 2 aromatic heterocycles. The maximum absolute atomic E-state index is 13.6. The molecule has 1 amide bonds. The molecule has 4 aromatic rings. The van der Waals surface area contributed by atoms with E-state index in [0.29, 0.717) is 17.5 Å². The van der Waals surface area contributed by atoms with Crippen molar-refractivity contribution in [2.75, 3.05) is 5.32 Å². The fraction of sp³-hybridized carbons (Fsp3) is 0.0870. The first-order valence-corrected chi connectivity index (χ1v) is 9.66. The highest BCUT2D eigenvalue weighted by atomic mass is 19.4. The molecule has 0 atom stereocenters. The van der Waals surface area contributed by atoms with Crippen LogP contribution in [-0.4, -0.2) is 31.9 Å². The van der Waals surface area contributed by atoms with Gasteiger partial charge in [-0.3, -0.25) is 14.3 Å². The number of alkyl halides is 3. The van der Waals surface area contributed by atoms with Gasteiger partial charge >= 0.3 is 6.18 Å². The van der Waals surface area contributed by atoms with Crippen molar-refractivity contribution in [3.63, 3.8) is 0 Å². The number of carbonyl (C=O) groups excluding carboxylic acids is 2. The van der Waals surface area contributed by atoms with Crippen LogP contribution in [0, 0.1) is 0 Å². The van der Waals surface area contributed by atoms with Crippen LogP contribution in [0.4, 0.5) is 18.9 Å². The normalized spacial score (nSPS) is 11.3. The van der Waals surface area contributed by atoms with Crippen LogP contribution in [0.3, 0.4) is 0 Å². The number of aromatic nitrogens is 4. The van der Waals surface area contributed by atoms with Crippen LogP contribution in [0.2, 0.25) is 0 Å². The summed E-state index contributed by atoms with van der Waals surface area (Å²) in [6.07, 6.45) is -1.35. The Morgan fingerprint density at radius 2 is 1.85 bits per heavy atom. The highest BCUT2D eigenvalue weighted by Crippen LogP contribution is 2.37. The molecule has 0 unspecified atom stereocenters. The Kier molecular flexibility index (Phi) is 5.74. The van der Waals surface area contributed by atoms with Crippen LogP contribution in [0.5, 0.6) is 0 Å². The molecule has 0 aliphatic carbocycles. The lowest BCUT2D eigenvalue weighted by atomic mass is 10.0. The van der Waals surface area contributed by atoms with Gasteiger partial charge in [-0.05, 0) is 24.3 Å². The first-order valence-electron chi connectivity index (χ1n) is 9.66. The molecule has 1 N–H and O–H groups in total. The lowest BCUT2D eigenvalue weighted by molar-refractivity contribution is -0.137. The number of hydrogen-bond acceptors (Lipinski definition) is 5. The van der Waals surface area contributed by atoms with Gasteiger partial charge < -0.3 is 5.32 Å². The lowest BCUT2D eigenvalue weighted by Gasteiger charge is -2.14. The maximum atomic E-state index is 13.6. The second-order valence-corrected chi connectivity index (χ2v) is 7.06. The third-order valence-corrected chi connectivity index (χ3v) is 4.78. The van der Waals surface area contributed by atoms with E-state index in [1.165, 1.54) is 23.1 Å². The fourth-order valence-electron chi connectivity index (χ4n) is 3.26. The van der Waals surface area contributed by atoms with Crippen LogP contribution < -0.4 is 5.32 Å². The molecule has 0 saturated heterocycles. The summed E-state index contributed by atoms with van der Waals surface area (Å²) < 4.78 is 42.0. The summed E-state index contributed by atoms with van der Waals surface area (Å²) in [5, 5.41) is 6.68. The molecule has 2 aromatic carbocycles. The largest absolute Gasteiger partial charge is 0.417 e. The topological polar surface area (TPSA) is 89.8 Å². The van der Waals surface area contributed by atoms with Crippen molar-refractivity contribution >= 4 is 17.9 Å². The van der Waals surface area contributed by atoms with Gasteiger partial charge in [-0.25, -0.2) is 9.97 Å². The number of amides is 1. The molecule has 0 saturated carbocycles. The zero-order chi connectivity index (χ0) is 23.6. The number of anilines is 1. The highest BCUT2D eigenvalue weighted by molar-refractivity contribution is 6.06. The van der Waals surface area contributed by atoms with E-state index in [4.69, 9.17) is 0 Å². The summed E-state index contributed by atoms with van der Waals surface area (Å²) in [4.78, 5) is 32.1. The Balaban J connectivity index is 1.73. The monoisotopic (exact) mass is 451 g/mol. The van der Waals surface area contributed by atoms with Crippen LogP contribution in [-0.2, 0) is 13.2 Å². The minimum Gasteiger partial charge on any atom is -0.319 e. The average molecular weight is 451 g/mol. The molecule has 4 rings (SSSR count). The summed E-state index contributed by atoms with van der Waals surface area (Å²) in [7, 11) is 1.58. The Morgan fingerprint density at radius 3 is 2.48 bits per heavy atom. The van der Waals surface area contributed by atoms with E-state index in [-0.39, 0.29) is 28.3 Å². The zero-order valence-electron chi connectivity index (χ0n) is 17.2. The minimum absolute atomic E-state index is 0.0119. The number of carbonyl (C=O) groups is 2. The smallest absolute Gasteiger partial charge is 0.319 e. The second-order valence-electron chi connectivity index (χ2n) is 7.06. The Labute approximate surface area is 185 Å². The summed E-state index contributed by atoms with van der Waals surface area (Å²) in [5.41, 5.74) is 0.0899. The SMILES string of the molecule is Cn1ccc(-c2cc(C(=O)Nc3cnc(C=O)nc3-c3ccccc3)ccc2C(F)(F)F)n1. The van der Waals surface area contributed by atoms with Gasteiger partial charge in [-0.15, -0.1) is 0 Å². The number of benzene rings is 2. The summed E-state index contributed by atoms with van der Waals surface area (Å²) in [6, 6.07) is 13.3. The van der Waals surface area contributed by atoms with Crippen LogP contribution in [0.1, 0.15) is 26.5 Å². The molecule has 7 nitrogen and oxygen atoms in total. The van der Waals surface area contributed by atoms with Crippen molar-refractivity contribution in [1.82, 2.24) is 19.7 Å². The van der Waals surface area contributed by atoms with Crippen molar-refractivity contribution in [2.24, 2.45) is 7.05 Å². The Morgan fingerprint density at radius 1 is 1.09 bits per heavy atom. The molecule has 0 radical (unpaired) electrons. The van der Waals surface area contributed by atoms with E-state index in [1.54, 1.807) is 37.4 Å². The van der Waals surface area contributed by atoms with Crippen molar-refractivity contribution in [3.8, 4) is 22.5 Å². The van der Waals surface area contributed by atoms with Crippen molar-refractivity contribution < 1.29 is 22.8 Å². The molecule has 166 valence electrons. The number of halogens is 3. The molecule has 0 spiro atoms. The predicted molar refractivity (Wildman–Crippen MR) is 114 cm³/mol. The number of nitrogens with zero attached hydrogens (tertiary/aromatic N) is 4. The molecule has 0 fully saturated rings. The van der Waals surface area contributed by atoms with Gasteiger partial charge in [0.15, 0.2) is 12.1 Å². The van der Waals surface area contributed by atoms with E-state index in [1.807, 2.05) is 0 Å². The summed E-state index contributed by atoms with van der Waals surface area (Å²) in [6.45, 7) is 0. The van der Waals surface area contributed by atoms with Gasteiger partial charge in [-0.1, -0.05) is 30.3 Å². The van der Waals surface area contributed by atoms with Gasteiger partial charge in [0.1, 0.15) is 0 Å². The number of aldehydes is 1. The Bertz CT molecular complexity index is 1330. The molecule has 0 aliphatic rings. The van der Waals surface area contributed by atoms with Gasteiger partial charge in [0, 0.05) is 29.9 Å². The quantitative estimate of drug-likeness (QED) is 0.447. The molecule has 33 heavy (non-hydrogen) atoms. The van der Waals surface area contributed by atoms with Crippen molar-refractivity contribution in [3.05, 3.63) is 83.9 Å². The molecule has 0 bridgehead atoms. The molecule has 0 aliphatic heterocycles. The first-order chi connectivity index (χ1) is 15.8. The summed E-state index contributed by atoms with van der Waals surface area (Å²) in [5.74, 6) is -0.737. The first kappa shape index (κ1) is 21.9. The Hall–Kier alpha value is -4.34. The van der Waals surface area contributed by atoms with E-state index >= 15 is 0 Å². The predicted octanol–water partition coefficient (Wildman–Crippen LogP) is 4.63. The number of rotatable bonds is 5. The number of hydrogen-bond donors (Lipinski definition) is 1. The number of nitrogens with one attached hydrogen (secondary N) is 1. The van der Waals surface area contributed by atoms with Crippen LogP contribution in [0.15, 0.2) is 67.0 Å². The lowest BCUT2D eigenvalue weighted by Crippen LogP contribution is -2.15. The van der Waals surface area contributed by atoms with Crippen LogP contribution >= 0.6 is 0 Å². The van der Waals surface area contributed by atoms with E-state index in [2.05, 4.69) is 20.4 Å². The van der Waals surface area contributed by atoms with Gasteiger partial charge in [0.2, 0.25) is 0 Å². The van der Waals surface area contributed by atoms with Crippen molar-refractivity contribution in [1.29, 1.82) is 0 Å². The molecular formula is C23H16F3N5O2. The summed E-state index contributed by atoms with van der Waals surface area (Å²) >= 11 is 0. The maximum Gasteiger partial charge on any atom is 0.417 e.